The molecule has 0 saturated carbocycles. The third-order valence-corrected chi connectivity index (χ3v) is 4.37. The Hall–Kier alpha value is -0.770. The molecule has 130 valence electrons. The van der Waals surface area contributed by atoms with Crippen molar-refractivity contribution in [1.29, 1.82) is 0 Å². The minimum atomic E-state index is -0.417. The first-order chi connectivity index (χ1) is 10.3. The van der Waals surface area contributed by atoms with Gasteiger partial charge in [0.15, 0.2) is 0 Å². The van der Waals surface area contributed by atoms with Crippen LogP contribution in [0.1, 0.15) is 80.1 Å². The molecule has 1 heterocycles. The summed E-state index contributed by atoms with van der Waals surface area (Å²) in [6.45, 7) is 13.2. The molecule has 1 amide bonds. The lowest BCUT2D eigenvalue weighted by atomic mass is 9.96. The van der Waals surface area contributed by atoms with Crippen molar-refractivity contribution in [2.75, 3.05) is 6.54 Å². The number of amides is 1. The molecule has 1 aliphatic heterocycles. The van der Waals surface area contributed by atoms with Gasteiger partial charge in [0, 0.05) is 24.7 Å². The van der Waals surface area contributed by atoms with Crippen LogP contribution in [0.25, 0.3) is 0 Å². The van der Waals surface area contributed by atoms with Gasteiger partial charge >= 0.3 is 6.09 Å². The number of carbonyl (C=O) groups is 1. The van der Waals surface area contributed by atoms with Gasteiger partial charge in [0.2, 0.25) is 0 Å². The Bertz CT molecular complexity index is 338. The maximum atomic E-state index is 12.2. The van der Waals surface area contributed by atoms with E-state index in [1.807, 2.05) is 25.7 Å². The zero-order valence-corrected chi connectivity index (χ0v) is 15.4. The lowest BCUT2D eigenvalue weighted by Gasteiger charge is -2.39. The molecule has 4 heteroatoms. The van der Waals surface area contributed by atoms with Gasteiger partial charge in [-0.15, -0.1) is 0 Å². The second kappa shape index (κ2) is 8.76. The number of nitrogens with zero attached hydrogens (tertiary/aromatic N) is 1. The van der Waals surface area contributed by atoms with E-state index in [0.29, 0.717) is 12.1 Å². The van der Waals surface area contributed by atoms with Gasteiger partial charge in [-0.1, -0.05) is 26.7 Å². The average Bonchev–Trinajstić information content (AvgIpc) is 2.41. The van der Waals surface area contributed by atoms with Crippen LogP contribution in [-0.2, 0) is 4.74 Å². The Morgan fingerprint density at radius 2 is 2.05 bits per heavy atom. The van der Waals surface area contributed by atoms with Crippen LogP contribution in [0.3, 0.4) is 0 Å². The molecule has 0 radical (unpaired) electrons. The molecule has 1 aliphatic rings. The van der Waals surface area contributed by atoms with Crippen molar-refractivity contribution >= 4 is 6.09 Å². The third-order valence-electron chi connectivity index (χ3n) is 4.37. The predicted octanol–water partition coefficient (Wildman–Crippen LogP) is 4.33. The summed E-state index contributed by atoms with van der Waals surface area (Å²) in [6.07, 6.45) is 6.85. The largest absolute Gasteiger partial charge is 0.444 e. The Balaban J connectivity index is 2.46. The van der Waals surface area contributed by atoms with Gasteiger partial charge in [-0.05, 0) is 53.4 Å². The van der Waals surface area contributed by atoms with Crippen LogP contribution in [0.2, 0.25) is 0 Å². The third kappa shape index (κ3) is 6.55. The number of hydrogen-bond donors (Lipinski definition) is 1. The Morgan fingerprint density at radius 3 is 2.55 bits per heavy atom. The van der Waals surface area contributed by atoms with Crippen molar-refractivity contribution in [3.05, 3.63) is 0 Å². The first-order valence-electron chi connectivity index (χ1n) is 9.02. The summed E-state index contributed by atoms with van der Waals surface area (Å²) in [5.41, 5.74) is -0.417. The standard InChI is InChI=1S/C18H36N2O2/c1-7-9-10-15(8-2)19-16-11-12-20(14(3)13-16)17(21)22-18(4,5)6/h14-16,19H,7-13H2,1-6H3. The Kier molecular flexibility index (Phi) is 7.67. The maximum absolute atomic E-state index is 12.2. The fraction of sp³-hybridized carbons (Fsp3) is 0.944. The van der Waals surface area contributed by atoms with Crippen LogP contribution in [0.4, 0.5) is 4.79 Å². The summed E-state index contributed by atoms with van der Waals surface area (Å²) in [7, 11) is 0. The highest BCUT2D eigenvalue weighted by atomic mass is 16.6. The van der Waals surface area contributed by atoms with E-state index in [1.165, 1.54) is 25.7 Å². The Labute approximate surface area is 137 Å². The van der Waals surface area contributed by atoms with E-state index in [9.17, 15) is 4.79 Å². The van der Waals surface area contributed by atoms with E-state index in [4.69, 9.17) is 4.74 Å². The molecule has 1 saturated heterocycles. The number of likely N-dealkylation sites (tertiary alicyclic amines) is 1. The summed E-state index contributed by atoms with van der Waals surface area (Å²) in [4.78, 5) is 14.1. The van der Waals surface area contributed by atoms with Crippen LogP contribution >= 0.6 is 0 Å². The maximum Gasteiger partial charge on any atom is 0.410 e. The SMILES string of the molecule is CCCCC(CC)NC1CCN(C(=O)OC(C)(C)C)C(C)C1. The summed E-state index contributed by atoms with van der Waals surface area (Å²) >= 11 is 0. The molecule has 0 aliphatic carbocycles. The number of nitrogens with one attached hydrogen (secondary N) is 1. The molecule has 0 aromatic carbocycles. The van der Waals surface area contributed by atoms with Crippen LogP contribution in [0.5, 0.6) is 0 Å². The van der Waals surface area contributed by atoms with Crippen LogP contribution in [0.15, 0.2) is 0 Å². The first kappa shape index (κ1) is 19.3. The molecule has 3 unspecified atom stereocenters. The predicted molar refractivity (Wildman–Crippen MR) is 92.2 cm³/mol. The first-order valence-corrected chi connectivity index (χ1v) is 9.02. The van der Waals surface area contributed by atoms with Crippen molar-refractivity contribution in [2.45, 2.75) is 104 Å². The van der Waals surface area contributed by atoms with Gasteiger partial charge in [-0.25, -0.2) is 4.79 Å². The zero-order chi connectivity index (χ0) is 16.8. The van der Waals surface area contributed by atoms with Crippen LogP contribution in [0, 0.1) is 0 Å². The molecule has 0 aromatic heterocycles. The number of carbonyl (C=O) groups excluding carboxylic acids is 1. The normalized spacial score (nSPS) is 24.2. The van der Waals surface area contributed by atoms with Gasteiger partial charge < -0.3 is 15.0 Å². The molecule has 0 aromatic rings. The highest BCUT2D eigenvalue weighted by Crippen LogP contribution is 2.21. The second-order valence-corrected chi connectivity index (χ2v) is 7.66. The number of hydrogen-bond acceptors (Lipinski definition) is 3. The lowest BCUT2D eigenvalue weighted by molar-refractivity contribution is 0.00892. The van der Waals surface area contributed by atoms with Gasteiger partial charge in [-0.2, -0.15) is 0 Å². The monoisotopic (exact) mass is 312 g/mol. The second-order valence-electron chi connectivity index (χ2n) is 7.66. The summed E-state index contributed by atoms with van der Waals surface area (Å²) in [5.74, 6) is 0. The molecule has 22 heavy (non-hydrogen) atoms. The van der Waals surface area contributed by atoms with E-state index in [0.717, 1.165) is 19.4 Å². The van der Waals surface area contributed by atoms with E-state index < -0.39 is 5.60 Å². The number of rotatable bonds is 6. The molecule has 3 atom stereocenters. The van der Waals surface area contributed by atoms with E-state index in [1.54, 1.807) is 0 Å². The Morgan fingerprint density at radius 1 is 1.36 bits per heavy atom. The fourth-order valence-electron chi connectivity index (χ4n) is 3.10. The molecular weight excluding hydrogens is 276 g/mol. The molecule has 1 rings (SSSR count). The number of ether oxygens (including phenoxy) is 1. The fourth-order valence-corrected chi connectivity index (χ4v) is 3.10. The highest BCUT2D eigenvalue weighted by molar-refractivity contribution is 5.68. The van der Waals surface area contributed by atoms with Gasteiger partial charge in [0.25, 0.3) is 0 Å². The van der Waals surface area contributed by atoms with Crippen molar-refractivity contribution in [3.8, 4) is 0 Å². The van der Waals surface area contributed by atoms with E-state index in [-0.39, 0.29) is 12.1 Å². The summed E-state index contributed by atoms with van der Waals surface area (Å²) in [5, 5.41) is 3.80. The minimum absolute atomic E-state index is 0.170. The van der Waals surface area contributed by atoms with E-state index in [2.05, 4.69) is 26.1 Å². The van der Waals surface area contributed by atoms with Crippen molar-refractivity contribution in [1.82, 2.24) is 10.2 Å². The van der Waals surface area contributed by atoms with Gasteiger partial charge in [0.05, 0.1) is 0 Å². The number of unbranched alkanes of at least 4 members (excludes halogenated alkanes) is 1. The van der Waals surface area contributed by atoms with Gasteiger partial charge in [0.1, 0.15) is 5.60 Å². The lowest BCUT2D eigenvalue weighted by Crippen LogP contribution is -2.52. The van der Waals surface area contributed by atoms with Crippen LogP contribution < -0.4 is 5.32 Å². The topological polar surface area (TPSA) is 41.6 Å². The highest BCUT2D eigenvalue weighted by Gasteiger charge is 2.32. The molecule has 0 spiro atoms. The molecular formula is C18H36N2O2. The molecule has 1 N–H and O–H groups in total. The average molecular weight is 312 g/mol. The molecule has 0 bridgehead atoms. The van der Waals surface area contributed by atoms with Crippen molar-refractivity contribution in [2.24, 2.45) is 0 Å². The summed E-state index contributed by atoms with van der Waals surface area (Å²) < 4.78 is 5.50. The molecule has 4 nitrogen and oxygen atoms in total. The molecule has 1 fully saturated rings. The van der Waals surface area contributed by atoms with Crippen molar-refractivity contribution < 1.29 is 9.53 Å². The summed E-state index contributed by atoms with van der Waals surface area (Å²) in [6, 6.07) is 1.38. The van der Waals surface area contributed by atoms with E-state index >= 15 is 0 Å². The van der Waals surface area contributed by atoms with Crippen LogP contribution in [-0.4, -0.2) is 41.3 Å². The minimum Gasteiger partial charge on any atom is -0.444 e. The smallest absolute Gasteiger partial charge is 0.410 e. The van der Waals surface area contributed by atoms with Gasteiger partial charge in [-0.3, -0.25) is 0 Å². The number of piperidine rings is 1. The quantitative estimate of drug-likeness (QED) is 0.793. The zero-order valence-electron chi connectivity index (χ0n) is 15.4. The van der Waals surface area contributed by atoms with Crippen molar-refractivity contribution in [3.63, 3.8) is 0 Å².